The molecule has 0 fully saturated rings. The molecule has 0 saturated heterocycles. The molecule has 0 aliphatic carbocycles. The van der Waals surface area contributed by atoms with Gasteiger partial charge >= 0.3 is 0 Å². The number of thiophene rings is 6. The van der Waals surface area contributed by atoms with E-state index in [0.717, 1.165) is 13.9 Å². The van der Waals surface area contributed by atoms with E-state index in [-0.39, 0.29) is 0 Å². The molecule has 0 amide bonds. The van der Waals surface area contributed by atoms with Crippen LogP contribution in [0.4, 0.5) is 0 Å². The van der Waals surface area contributed by atoms with Gasteiger partial charge in [0.05, 0.1) is 0 Å². The summed E-state index contributed by atoms with van der Waals surface area (Å²) >= 11 is 10.6. The molecule has 9 aromatic rings. The minimum atomic E-state index is -2.82. The number of hydrogen-bond acceptors (Lipinski definition) is 7. The summed E-state index contributed by atoms with van der Waals surface area (Å²) < 4.78 is 10.9. The molecule has 1 nitrogen and oxygen atoms in total. The van der Waals surface area contributed by atoms with E-state index in [9.17, 15) is 4.89 Å². The van der Waals surface area contributed by atoms with Crippen molar-refractivity contribution in [3.8, 4) is 0 Å². The van der Waals surface area contributed by atoms with Gasteiger partial charge in [0.15, 0.2) is 13.9 Å². The maximum absolute atomic E-state index is 13.0. The fraction of sp³-hybridized carbons (Fsp3) is 0. The molecule has 0 aliphatic heterocycles. The van der Waals surface area contributed by atoms with Gasteiger partial charge in [-0.3, -0.25) is 0 Å². The largest absolute Gasteiger partial charge is 0.269 e. The van der Waals surface area contributed by atoms with Crippen molar-refractivity contribution in [2.45, 2.75) is 0 Å². The van der Waals surface area contributed by atoms with E-state index in [1.165, 1.54) is 60.5 Å². The predicted octanol–water partition coefficient (Wildman–Crippen LogP) is 10.2. The second kappa shape index (κ2) is 8.17. The molecule has 8 heteroatoms. The molecule has 38 heavy (non-hydrogen) atoms. The molecule has 0 spiro atoms. The van der Waals surface area contributed by atoms with E-state index in [4.69, 9.17) is 0 Å². The second-order valence-corrected chi connectivity index (χ2v) is 19.2. The number of fused-ring (bicyclic) bond motifs is 6. The highest BCUT2D eigenvalue weighted by Gasteiger charge is 2.49. The molecule has 9 rings (SSSR count). The SMILES string of the molecule is O[P+](c1cc2cc3sccc3cc2s1)(c1cc2cc3sccc3cc2s1)c1cc2cc3sccc3cc2s1. The fourth-order valence-electron chi connectivity index (χ4n) is 5.25. The molecular weight excluding hydrogens is 600 g/mol. The third-order valence-electron chi connectivity index (χ3n) is 7.19. The van der Waals surface area contributed by atoms with Crippen LogP contribution in [-0.4, -0.2) is 4.89 Å². The average molecular weight is 616 g/mol. The zero-order valence-corrected chi connectivity index (χ0v) is 25.3. The van der Waals surface area contributed by atoms with E-state index < -0.39 is 7.49 Å². The maximum atomic E-state index is 13.0. The maximum Gasteiger partial charge on any atom is 0.269 e. The molecule has 0 unspecified atom stereocenters. The first-order valence-electron chi connectivity index (χ1n) is 12.0. The van der Waals surface area contributed by atoms with Gasteiger partial charge in [-0.15, -0.1) is 34.0 Å². The number of rotatable bonds is 3. The summed E-state index contributed by atoms with van der Waals surface area (Å²) in [5.74, 6) is 0. The smallest absolute Gasteiger partial charge is 0.232 e. The first-order valence-corrected chi connectivity index (χ1v) is 18.8. The van der Waals surface area contributed by atoms with Crippen LogP contribution in [0.2, 0.25) is 0 Å². The first-order chi connectivity index (χ1) is 18.6. The minimum Gasteiger partial charge on any atom is -0.232 e. The highest BCUT2D eigenvalue weighted by Crippen LogP contribution is 2.58. The lowest BCUT2D eigenvalue weighted by Crippen LogP contribution is -2.25. The van der Waals surface area contributed by atoms with Crippen LogP contribution < -0.4 is 13.9 Å². The van der Waals surface area contributed by atoms with Gasteiger partial charge in [0, 0.05) is 46.4 Å². The number of hydrogen-bond donors (Lipinski definition) is 1. The third kappa shape index (κ3) is 3.25. The van der Waals surface area contributed by atoms with Gasteiger partial charge < -0.3 is 0 Å². The highest BCUT2D eigenvalue weighted by atomic mass is 32.1. The lowest BCUT2D eigenvalue weighted by molar-refractivity contribution is 0.635. The standard InChI is InChI=1S/C30H16OPS6/c31-32(28-13-19-10-22-16(1-4-33-22)7-25(19)36-28,29-14-20-11-23-17(2-5-34-23)8-26(20)37-29)30-15-21-12-24-18(3-6-35-24)9-27(21)38-30/h1-15,31H/q+1. The summed E-state index contributed by atoms with van der Waals surface area (Å²) in [5.41, 5.74) is 0. The Balaban J connectivity index is 1.33. The van der Waals surface area contributed by atoms with E-state index in [1.54, 1.807) is 68.0 Å². The zero-order chi connectivity index (χ0) is 25.0. The van der Waals surface area contributed by atoms with Crippen LogP contribution in [0.1, 0.15) is 0 Å². The van der Waals surface area contributed by atoms with Gasteiger partial charge in [0.25, 0.3) is 7.49 Å². The number of benzene rings is 3. The molecule has 0 atom stereocenters. The second-order valence-electron chi connectivity index (χ2n) is 9.43. The Labute approximate surface area is 241 Å². The fourth-order valence-corrected chi connectivity index (χ4v) is 16.6. The van der Waals surface area contributed by atoms with Gasteiger partial charge in [-0.2, -0.15) is 0 Å². The van der Waals surface area contributed by atoms with Crippen LogP contribution in [-0.2, 0) is 0 Å². The van der Waals surface area contributed by atoms with Crippen molar-refractivity contribution in [2.24, 2.45) is 0 Å². The third-order valence-corrected chi connectivity index (χ3v) is 18.0. The van der Waals surface area contributed by atoms with Crippen molar-refractivity contribution < 1.29 is 4.89 Å². The Morgan fingerprint density at radius 1 is 0.395 bits per heavy atom. The molecule has 6 aromatic heterocycles. The van der Waals surface area contributed by atoms with Crippen molar-refractivity contribution >= 4 is 150 Å². The monoisotopic (exact) mass is 615 g/mol. The Morgan fingerprint density at radius 2 is 0.711 bits per heavy atom. The first kappa shape index (κ1) is 22.6. The van der Waals surface area contributed by atoms with Crippen LogP contribution in [0.3, 0.4) is 0 Å². The molecule has 0 aliphatic rings. The van der Waals surface area contributed by atoms with E-state index >= 15 is 0 Å². The normalized spacial score (nSPS) is 12.9. The lowest BCUT2D eigenvalue weighted by atomic mass is 10.2. The van der Waals surface area contributed by atoms with Gasteiger partial charge in [-0.1, -0.05) is 34.0 Å². The summed E-state index contributed by atoms with van der Waals surface area (Å²) in [4.78, 5) is 13.0. The van der Waals surface area contributed by atoms with E-state index in [1.807, 2.05) is 0 Å². The Bertz CT molecular complexity index is 1930. The molecule has 0 bridgehead atoms. The van der Waals surface area contributed by atoms with Crippen LogP contribution in [0.15, 0.2) is 88.9 Å². The van der Waals surface area contributed by atoms with Gasteiger partial charge in [0.2, 0.25) is 0 Å². The van der Waals surface area contributed by atoms with Gasteiger partial charge in [-0.05, 0) is 103 Å². The Kier molecular flexibility index (Phi) is 4.86. The summed E-state index contributed by atoms with van der Waals surface area (Å²) in [6.07, 6.45) is 0. The summed E-state index contributed by atoms with van der Waals surface area (Å²) in [6.45, 7) is 0. The van der Waals surface area contributed by atoms with E-state index in [0.29, 0.717) is 0 Å². The van der Waals surface area contributed by atoms with Crippen LogP contribution >= 0.6 is 75.5 Å². The summed E-state index contributed by atoms with van der Waals surface area (Å²) in [5, 5.41) is 14.0. The van der Waals surface area contributed by atoms with Crippen molar-refractivity contribution in [1.82, 2.24) is 0 Å². The molecular formula is C30H16OPS6+. The Morgan fingerprint density at radius 3 is 1.05 bits per heavy atom. The Hall–Kier alpha value is -2.19. The van der Waals surface area contributed by atoms with Crippen LogP contribution in [0.5, 0.6) is 0 Å². The predicted molar refractivity (Wildman–Crippen MR) is 180 cm³/mol. The van der Waals surface area contributed by atoms with Crippen molar-refractivity contribution in [3.63, 3.8) is 0 Å². The molecule has 182 valence electrons. The molecule has 3 aromatic carbocycles. The topological polar surface area (TPSA) is 20.2 Å². The highest BCUT2D eigenvalue weighted by molar-refractivity contribution is 8.00. The van der Waals surface area contributed by atoms with Crippen LogP contribution in [0, 0.1) is 0 Å². The quantitative estimate of drug-likeness (QED) is 0.196. The van der Waals surface area contributed by atoms with Crippen LogP contribution in [0.25, 0.3) is 60.5 Å². The molecule has 0 radical (unpaired) electrons. The lowest BCUT2D eigenvalue weighted by Gasteiger charge is -2.13. The average Bonchev–Trinajstić information content (AvgIpc) is 3.75. The minimum absolute atomic E-state index is 1.09. The van der Waals surface area contributed by atoms with Crippen molar-refractivity contribution in [2.75, 3.05) is 0 Å². The zero-order valence-electron chi connectivity index (χ0n) is 19.5. The van der Waals surface area contributed by atoms with Gasteiger partial charge in [0.1, 0.15) is 0 Å². The molecule has 6 heterocycles. The van der Waals surface area contributed by atoms with Crippen molar-refractivity contribution in [1.29, 1.82) is 0 Å². The van der Waals surface area contributed by atoms with Crippen molar-refractivity contribution in [3.05, 3.63) is 88.9 Å². The molecule has 1 N–H and O–H groups in total. The molecule has 0 saturated carbocycles. The van der Waals surface area contributed by atoms with Gasteiger partial charge in [-0.25, -0.2) is 4.89 Å². The summed E-state index contributed by atoms with van der Waals surface area (Å²) in [7, 11) is -2.82. The van der Waals surface area contributed by atoms with E-state index in [2.05, 4.69) is 88.9 Å². The summed E-state index contributed by atoms with van der Waals surface area (Å²) in [6, 6.07) is 27.1.